The summed E-state index contributed by atoms with van der Waals surface area (Å²) in [5, 5.41) is 2.78. The van der Waals surface area contributed by atoms with E-state index >= 15 is 0 Å². The molecule has 0 radical (unpaired) electrons. The molecule has 1 aliphatic heterocycles. The van der Waals surface area contributed by atoms with Crippen LogP contribution in [0.1, 0.15) is 30.9 Å². The lowest BCUT2D eigenvalue weighted by molar-refractivity contribution is -0.151. The number of fused-ring (bicyclic) bond motifs is 3. The van der Waals surface area contributed by atoms with Gasteiger partial charge in [0.2, 0.25) is 5.91 Å². The van der Waals surface area contributed by atoms with Crippen molar-refractivity contribution in [3.8, 4) is 11.1 Å². The molecule has 0 spiro atoms. The molecule has 2 aromatic carbocycles. The number of hydrogen-bond acceptors (Lipinski definition) is 5. The van der Waals surface area contributed by atoms with Crippen LogP contribution in [0.5, 0.6) is 0 Å². The van der Waals surface area contributed by atoms with Crippen LogP contribution in [0.25, 0.3) is 11.1 Å². The minimum Gasteiger partial charge on any atom is -0.467 e. The van der Waals surface area contributed by atoms with E-state index in [-0.39, 0.29) is 24.3 Å². The molecule has 2 amide bonds. The van der Waals surface area contributed by atoms with Crippen molar-refractivity contribution < 1.29 is 23.9 Å². The molecule has 2 aliphatic rings. The van der Waals surface area contributed by atoms with Crippen molar-refractivity contribution in [2.24, 2.45) is 5.92 Å². The highest BCUT2D eigenvalue weighted by Gasteiger charge is 2.47. The average molecular weight is 495 g/mol. The summed E-state index contributed by atoms with van der Waals surface area (Å²) >= 11 is 0. The second-order valence-corrected chi connectivity index (χ2v) is 15.6. The van der Waals surface area contributed by atoms with Crippen LogP contribution in [-0.4, -0.2) is 62.9 Å². The van der Waals surface area contributed by atoms with Crippen LogP contribution < -0.4 is 5.32 Å². The van der Waals surface area contributed by atoms with Gasteiger partial charge in [-0.1, -0.05) is 75.5 Å². The second-order valence-electron chi connectivity index (χ2n) is 10.6. The molecule has 2 atom stereocenters. The van der Waals surface area contributed by atoms with Crippen molar-refractivity contribution >= 4 is 26.0 Å². The standard InChI is InChI=1S/C27H34N2O5Si/c1-17(2)24(25(30)29-16-35(4,5)15-23(29)26(31)33-3)28-27(32)34-14-22-20-12-8-6-10-18(20)19-11-7-9-13-21(19)22/h6-13,17,22-24H,14-16H2,1-5H3,(H,28,32)/t23-,24+/m0/s1. The number of carbonyl (C=O) groups is 3. The fraction of sp³-hybridized carbons (Fsp3) is 0.444. The van der Waals surface area contributed by atoms with Crippen LogP contribution in [-0.2, 0) is 19.1 Å². The summed E-state index contributed by atoms with van der Waals surface area (Å²) < 4.78 is 10.6. The largest absolute Gasteiger partial charge is 0.467 e. The Morgan fingerprint density at radius 1 is 1.03 bits per heavy atom. The van der Waals surface area contributed by atoms with Gasteiger partial charge in [0.15, 0.2) is 0 Å². The maximum Gasteiger partial charge on any atom is 0.407 e. The lowest BCUT2D eigenvalue weighted by atomic mass is 9.98. The maximum absolute atomic E-state index is 13.5. The number of ether oxygens (including phenoxy) is 2. The molecule has 186 valence electrons. The molecule has 1 heterocycles. The summed E-state index contributed by atoms with van der Waals surface area (Å²) in [6, 6.07) is 15.6. The fourth-order valence-electron chi connectivity index (χ4n) is 5.31. The van der Waals surface area contributed by atoms with Crippen LogP contribution >= 0.6 is 0 Å². The van der Waals surface area contributed by atoms with Gasteiger partial charge in [-0.2, -0.15) is 0 Å². The van der Waals surface area contributed by atoms with Crippen molar-refractivity contribution in [2.45, 2.75) is 51.0 Å². The molecule has 8 heteroatoms. The third-order valence-corrected chi connectivity index (χ3v) is 9.72. The van der Waals surface area contributed by atoms with E-state index < -0.39 is 32.2 Å². The molecule has 1 aliphatic carbocycles. The Labute approximate surface area is 207 Å². The number of rotatable bonds is 6. The van der Waals surface area contributed by atoms with E-state index in [0.717, 1.165) is 22.3 Å². The normalized spacial score (nSPS) is 19.1. The fourth-order valence-corrected chi connectivity index (χ4v) is 8.17. The molecule has 35 heavy (non-hydrogen) atoms. The van der Waals surface area contributed by atoms with Gasteiger partial charge in [-0.3, -0.25) is 4.79 Å². The summed E-state index contributed by atoms with van der Waals surface area (Å²) in [5.41, 5.74) is 4.57. The quantitative estimate of drug-likeness (QED) is 0.481. The minimum absolute atomic E-state index is 0.0598. The number of benzene rings is 2. The smallest absolute Gasteiger partial charge is 0.407 e. The summed E-state index contributed by atoms with van der Waals surface area (Å²) in [5.74, 6) is -0.899. The van der Waals surface area contributed by atoms with Crippen LogP contribution in [0.3, 0.4) is 0 Å². The van der Waals surface area contributed by atoms with Gasteiger partial charge >= 0.3 is 12.1 Å². The van der Waals surface area contributed by atoms with Gasteiger partial charge in [0.05, 0.1) is 15.2 Å². The first-order valence-electron chi connectivity index (χ1n) is 12.1. The number of nitrogens with zero attached hydrogens (tertiary/aromatic N) is 1. The third kappa shape index (κ3) is 4.98. The number of hydrogen-bond donors (Lipinski definition) is 1. The van der Waals surface area contributed by atoms with E-state index in [9.17, 15) is 14.4 Å². The number of carbonyl (C=O) groups excluding carboxylic acids is 3. The van der Waals surface area contributed by atoms with E-state index in [1.807, 2.05) is 38.1 Å². The lowest BCUT2D eigenvalue weighted by Gasteiger charge is -2.30. The van der Waals surface area contributed by atoms with E-state index in [0.29, 0.717) is 12.2 Å². The Morgan fingerprint density at radius 3 is 2.14 bits per heavy atom. The Kier molecular flexibility index (Phi) is 7.03. The van der Waals surface area contributed by atoms with Gasteiger partial charge < -0.3 is 19.7 Å². The van der Waals surface area contributed by atoms with Gasteiger partial charge in [-0.05, 0) is 34.2 Å². The number of nitrogens with one attached hydrogen (secondary N) is 1. The molecule has 1 saturated heterocycles. The summed E-state index contributed by atoms with van der Waals surface area (Å²) in [7, 11) is -0.429. The zero-order chi connectivity index (χ0) is 25.3. The lowest BCUT2D eigenvalue weighted by Crippen LogP contribution is -2.54. The van der Waals surface area contributed by atoms with Gasteiger partial charge in [0.1, 0.15) is 18.7 Å². The Bertz CT molecular complexity index is 1090. The first-order valence-corrected chi connectivity index (χ1v) is 15.5. The zero-order valence-corrected chi connectivity index (χ0v) is 22.0. The minimum atomic E-state index is -1.77. The molecule has 2 aromatic rings. The molecule has 0 bridgehead atoms. The van der Waals surface area contributed by atoms with Crippen molar-refractivity contribution in [3.63, 3.8) is 0 Å². The van der Waals surface area contributed by atoms with Crippen molar-refractivity contribution in [2.75, 3.05) is 19.9 Å². The van der Waals surface area contributed by atoms with E-state index in [1.165, 1.54) is 7.11 Å². The Morgan fingerprint density at radius 2 is 1.60 bits per heavy atom. The average Bonchev–Trinajstić information content (AvgIpc) is 3.34. The van der Waals surface area contributed by atoms with Crippen molar-refractivity contribution in [1.82, 2.24) is 10.2 Å². The first-order chi connectivity index (χ1) is 16.6. The van der Waals surface area contributed by atoms with E-state index in [4.69, 9.17) is 9.47 Å². The first kappa shape index (κ1) is 25.0. The van der Waals surface area contributed by atoms with Gasteiger partial charge in [0, 0.05) is 12.1 Å². The number of alkyl carbamates (subject to hydrolysis) is 1. The zero-order valence-electron chi connectivity index (χ0n) is 21.0. The molecule has 1 N–H and O–H groups in total. The highest BCUT2D eigenvalue weighted by molar-refractivity contribution is 6.79. The number of esters is 1. The highest BCUT2D eigenvalue weighted by atomic mass is 28.3. The monoisotopic (exact) mass is 494 g/mol. The molecule has 1 fully saturated rings. The van der Waals surface area contributed by atoms with Gasteiger partial charge in [-0.15, -0.1) is 0 Å². The summed E-state index contributed by atoms with van der Waals surface area (Å²) in [4.78, 5) is 40.3. The Balaban J connectivity index is 1.46. The van der Waals surface area contributed by atoms with E-state index in [1.54, 1.807) is 4.90 Å². The third-order valence-electron chi connectivity index (χ3n) is 7.03. The molecular formula is C27H34N2O5Si. The molecule has 0 unspecified atom stereocenters. The van der Waals surface area contributed by atoms with Crippen molar-refractivity contribution in [1.29, 1.82) is 0 Å². The maximum atomic E-state index is 13.5. The molecule has 0 saturated carbocycles. The predicted molar refractivity (Wildman–Crippen MR) is 137 cm³/mol. The highest BCUT2D eigenvalue weighted by Crippen LogP contribution is 2.44. The molecule has 0 aromatic heterocycles. The predicted octanol–water partition coefficient (Wildman–Crippen LogP) is 4.18. The topological polar surface area (TPSA) is 84.9 Å². The van der Waals surface area contributed by atoms with Crippen molar-refractivity contribution in [3.05, 3.63) is 59.7 Å². The second kappa shape index (κ2) is 9.85. The Hall–Kier alpha value is -3.13. The van der Waals surface area contributed by atoms with Crippen LogP contribution in [0.2, 0.25) is 19.1 Å². The van der Waals surface area contributed by atoms with Gasteiger partial charge in [-0.25, -0.2) is 9.59 Å². The van der Waals surface area contributed by atoms with Gasteiger partial charge in [0.25, 0.3) is 0 Å². The van der Waals surface area contributed by atoms with E-state index in [2.05, 4.69) is 42.7 Å². The molecular weight excluding hydrogens is 460 g/mol. The van der Waals surface area contributed by atoms with Crippen LogP contribution in [0.4, 0.5) is 4.79 Å². The molecule has 7 nitrogen and oxygen atoms in total. The summed E-state index contributed by atoms with van der Waals surface area (Å²) in [6.45, 7) is 8.22. The number of amides is 2. The number of methoxy groups -OCH3 is 1. The van der Waals surface area contributed by atoms with Crippen LogP contribution in [0.15, 0.2) is 48.5 Å². The van der Waals surface area contributed by atoms with Crippen LogP contribution in [0, 0.1) is 5.92 Å². The SMILES string of the molecule is COC(=O)[C@@H]1C[Si](C)(C)CN1C(=O)[C@H](NC(=O)OCC1c2ccccc2-c2ccccc21)C(C)C. The summed E-state index contributed by atoms with van der Waals surface area (Å²) in [6.07, 6.45) is -0.0782. The molecule has 4 rings (SSSR count).